The highest BCUT2D eigenvalue weighted by molar-refractivity contribution is 5.02. The van der Waals surface area contributed by atoms with Crippen LogP contribution in [0.1, 0.15) is 39.3 Å². The van der Waals surface area contributed by atoms with Crippen LogP contribution in [-0.2, 0) is 6.54 Å². The number of hydrogen-bond donors (Lipinski definition) is 1. The Kier molecular flexibility index (Phi) is 6.30. The number of unbranched alkanes of at least 4 members (excludes halogenated alkanes) is 1. The topological polar surface area (TPSA) is 28.2 Å². The molecular formula is C15H27N3. The maximum absolute atomic E-state index is 4.34. The molecule has 0 aliphatic heterocycles. The Balaban J connectivity index is 2.09. The molecule has 3 heteroatoms. The molecule has 0 aromatic carbocycles. The fourth-order valence-corrected chi connectivity index (χ4v) is 1.82. The zero-order valence-electron chi connectivity index (χ0n) is 12.2. The van der Waals surface area contributed by atoms with E-state index >= 15 is 0 Å². The minimum Gasteiger partial charge on any atom is -0.312 e. The first-order valence-corrected chi connectivity index (χ1v) is 6.81. The van der Waals surface area contributed by atoms with Crippen molar-refractivity contribution in [2.45, 2.75) is 45.7 Å². The van der Waals surface area contributed by atoms with Crippen LogP contribution in [0.3, 0.4) is 0 Å². The predicted octanol–water partition coefficient (Wildman–Crippen LogP) is 2.68. The molecule has 0 amide bonds. The molecule has 0 unspecified atom stereocenters. The summed E-state index contributed by atoms with van der Waals surface area (Å²) in [5, 5.41) is 3.51. The summed E-state index contributed by atoms with van der Waals surface area (Å²) in [5.41, 5.74) is 1.38. The Morgan fingerprint density at radius 3 is 2.61 bits per heavy atom. The molecule has 1 rings (SSSR count). The molecule has 0 atom stereocenters. The summed E-state index contributed by atoms with van der Waals surface area (Å²) < 4.78 is 0. The van der Waals surface area contributed by atoms with Gasteiger partial charge in [0.25, 0.3) is 0 Å². The lowest BCUT2D eigenvalue weighted by Crippen LogP contribution is -2.36. The smallest absolute Gasteiger partial charge is 0.0543 e. The third-order valence-corrected chi connectivity index (χ3v) is 2.78. The molecule has 0 aliphatic rings. The second-order valence-corrected chi connectivity index (χ2v) is 5.94. The van der Waals surface area contributed by atoms with Crippen LogP contribution < -0.4 is 5.32 Å². The maximum atomic E-state index is 4.34. The first kappa shape index (κ1) is 15.1. The molecule has 0 saturated heterocycles. The lowest BCUT2D eigenvalue weighted by Gasteiger charge is -2.21. The zero-order valence-corrected chi connectivity index (χ0v) is 12.2. The summed E-state index contributed by atoms with van der Waals surface area (Å²) in [6.07, 6.45) is 4.31. The van der Waals surface area contributed by atoms with Crippen LogP contribution in [0.5, 0.6) is 0 Å². The van der Waals surface area contributed by atoms with Crippen LogP contribution >= 0.6 is 0 Å². The van der Waals surface area contributed by atoms with E-state index in [2.05, 4.69) is 49.1 Å². The zero-order chi connectivity index (χ0) is 13.4. The molecule has 0 fully saturated rings. The molecular weight excluding hydrogens is 222 g/mol. The Bertz CT molecular complexity index is 316. The van der Waals surface area contributed by atoms with Gasteiger partial charge >= 0.3 is 0 Å². The summed E-state index contributed by atoms with van der Waals surface area (Å²) in [4.78, 5) is 6.67. The van der Waals surface area contributed by atoms with E-state index in [0.29, 0.717) is 0 Å². The molecule has 0 bridgehead atoms. The van der Waals surface area contributed by atoms with Gasteiger partial charge in [-0.2, -0.15) is 0 Å². The number of nitrogens with one attached hydrogen (secondary N) is 1. The van der Waals surface area contributed by atoms with Crippen molar-refractivity contribution in [3.05, 3.63) is 30.1 Å². The average Bonchev–Trinajstić information content (AvgIpc) is 2.28. The quantitative estimate of drug-likeness (QED) is 0.753. The van der Waals surface area contributed by atoms with Gasteiger partial charge in [0.05, 0.1) is 5.69 Å². The van der Waals surface area contributed by atoms with Crippen molar-refractivity contribution < 1.29 is 0 Å². The summed E-state index contributed by atoms with van der Waals surface area (Å²) in [6, 6.07) is 6.09. The summed E-state index contributed by atoms with van der Waals surface area (Å²) in [6.45, 7) is 9.79. The minimum absolute atomic E-state index is 0.236. The van der Waals surface area contributed by atoms with Gasteiger partial charge in [-0.1, -0.05) is 6.07 Å². The summed E-state index contributed by atoms with van der Waals surface area (Å²) >= 11 is 0. The molecule has 102 valence electrons. The summed E-state index contributed by atoms with van der Waals surface area (Å²) in [5.74, 6) is 0. The van der Waals surface area contributed by atoms with Gasteiger partial charge < -0.3 is 10.2 Å². The molecule has 1 aromatic heterocycles. The highest BCUT2D eigenvalue weighted by Gasteiger charge is 2.07. The lowest BCUT2D eigenvalue weighted by molar-refractivity contribution is 0.310. The van der Waals surface area contributed by atoms with Gasteiger partial charge in [0.1, 0.15) is 0 Å². The third kappa shape index (κ3) is 7.41. The monoisotopic (exact) mass is 249 g/mol. The molecule has 0 radical (unpaired) electrons. The van der Waals surface area contributed by atoms with Gasteiger partial charge in [0, 0.05) is 18.3 Å². The van der Waals surface area contributed by atoms with E-state index in [9.17, 15) is 0 Å². The van der Waals surface area contributed by atoms with Gasteiger partial charge in [-0.3, -0.25) is 4.98 Å². The standard InChI is InChI=1S/C15H27N3/c1-15(2,3)17-11-7-8-12-18(4)13-14-9-5-6-10-16-14/h5-6,9-10,17H,7-8,11-13H2,1-4H3. The van der Waals surface area contributed by atoms with Crippen molar-refractivity contribution in [2.24, 2.45) is 0 Å². The SMILES string of the molecule is CN(CCCCNC(C)(C)C)Cc1ccccn1. The van der Waals surface area contributed by atoms with Gasteiger partial charge in [-0.15, -0.1) is 0 Å². The number of pyridine rings is 1. The van der Waals surface area contributed by atoms with Crippen LogP contribution in [0.25, 0.3) is 0 Å². The largest absolute Gasteiger partial charge is 0.312 e. The number of nitrogens with zero attached hydrogens (tertiary/aromatic N) is 2. The Morgan fingerprint density at radius 1 is 1.22 bits per heavy atom. The van der Waals surface area contributed by atoms with Crippen LogP contribution in [-0.4, -0.2) is 35.6 Å². The average molecular weight is 249 g/mol. The molecule has 0 spiro atoms. The van der Waals surface area contributed by atoms with Gasteiger partial charge in [-0.25, -0.2) is 0 Å². The second-order valence-electron chi connectivity index (χ2n) is 5.94. The van der Waals surface area contributed by atoms with E-state index in [0.717, 1.165) is 25.3 Å². The minimum atomic E-state index is 0.236. The van der Waals surface area contributed by atoms with E-state index in [-0.39, 0.29) is 5.54 Å². The van der Waals surface area contributed by atoms with E-state index in [1.807, 2.05) is 18.3 Å². The highest BCUT2D eigenvalue weighted by Crippen LogP contribution is 2.02. The Hall–Kier alpha value is -0.930. The maximum Gasteiger partial charge on any atom is 0.0543 e. The predicted molar refractivity (Wildman–Crippen MR) is 77.6 cm³/mol. The molecule has 18 heavy (non-hydrogen) atoms. The van der Waals surface area contributed by atoms with Gasteiger partial charge in [0.15, 0.2) is 0 Å². The Morgan fingerprint density at radius 2 is 2.00 bits per heavy atom. The fraction of sp³-hybridized carbons (Fsp3) is 0.667. The van der Waals surface area contributed by atoms with Crippen molar-refractivity contribution in [3.8, 4) is 0 Å². The molecule has 1 N–H and O–H groups in total. The molecule has 0 saturated carbocycles. The molecule has 1 aromatic rings. The third-order valence-electron chi connectivity index (χ3n) is 2.78. The van der Waals surface area contributed by atoms with Crippen molar-refractivity contribution in [2.75, 3.05) is 20.1 Å². The van der Waals surface area contributed by atoms with Gasteiger partial charge in [0.2, 0.25) is 0 Å². The molecule has 3 nitrogen and oxygen atoms in total. The van der Waals surface area contributed by atoms with Crippen molar-refractivity contribution in [1.29, 1.82) is 0 Å². The van der Waals surface area contributed by atoms with E-state index in [4.69, 9.17) is 0 Å². The van der Waals surface area contributed by atoms with Gasteiger partial charge in [-0.05, 0) is 65.9 Å². The molecule has 0 aliphatic carbocycles. The number of aromatic nitrogens is 1. The van der Waals surface area contributed by atoms with Crippen LogP contribution in [0, 0.1) is 0 Å². The number of rotatable bonds is 7. The normalized spacial score (nSPS) is 12.1. The van der Waals surface area contributed by atoms with E-state index in [1.165, 1.54) is 12.8 Å². The number of hydrogen-bond acceptors (Lipinski definition) is 3. The van der Waals surface area contributed by atoms with Crippen molar-refractivity contribution in [1.82, 2.24) is 15.2 Å². The second kappa shape index (κ2) is 7.49. The van der Waals surface area contributed by atoms with Crippen LogP contribution in [0.4, 0.5) is 0 Å². The first-order valence-electron chi connectivity index (χ1n) is 6.81. The van der Waals surface area contributed by atoms with Crippen molar-refractivity contribution >= 4 is 0 Å². The van der Waals surface area contributed by atoms with Crippen LogP contribution in [0.2, 0.25) is 0 Å². The van der Waals surface area contributed by atoms with Crippen molar-refractivity contribution in [3.63, 3.8) is 0 Å². The van der Waals surface area contributed by atoms with E-state index < -0.39 is 0 Å². The highest BCUT2D eigenvalue weighted by atomic mass is 15.1. The lowest BCUT2D eigenvalue weighted by atomic mass is 10.1. The molecule has 1 heterocycles. The fourth-order valence-electron chi connectivity index (χ4n) is 1.82. The first-order chi connectivity index (χ1) is 8.47. The summed E-state index contributed by atoms with van der Waals surface area (Å²) in [7, 11) is 2.16. The van der Waals surface area contributed by atoms with E-state index in [1.54, 1.807) is 0 Å². The van der Waals surface area contributed by atoms with Crippen LogP contribution in [0.15, 0.2) is 24.4 Å². The Labute approximate surface area is 112 Å².